The van der Waals surface area contributed by atoms with E-state index in [0.29, 0.717) is 42.5 Å². The molecule has 5 N–H and O–H groups in total. The van der Waals surface area contributed by atoms with Crippen LogP contribution >= 0.6 is 0 Å². The predicted molar refractivity (Wildman–Crippen MR) is 128 cm³/mol. The van der Waals surface area contributed by atoms with Crippen LogP contribution in [0.1, 0.15) is 60.2 Å². The maximum Gasteiger partial charge on any atom is 0.255 e. The Hall–Kier alpha value is -3.79. The smallest absolute Gasteiger partial charge is 0.255 e. The number of amides is 2. The Kier molecular flexibility index (Phi) is 6.83. The number of hydrogen-bond acceptors (Lipinski definition) is 7. The summed E-state index contributed by atoms with van der Waals surface area (Å²) in [5, 5.41) is 26.9. The number of primary amides is 1. The van der Waals surface area contributed by atoms with Gasteiger partial charge in [-0.25, -0.2) is 4.52 Å². The van der Waals surface area contributed by atoms with Crippen LogP contribution in [0.25, 0.3) is 5.52 Å². The number of fused-ring (bicyclic) bond motifs is 1. The van der Waals surface area contributed by atoms with Crippen molar-refractivity contribution in [3.63, 3.8) is 0 Å². The van der Waals surface area contributed by atoms with Crippen LogP contribution in [-0.2, 0) is 0 Å². The molecular weight excluding hydrogens is 452 g/mol. The Bertz CT molecular complexity index is 1220. The zero-order valence-corrected chi connectivity index (χ0v) is 19.7. The van der Waals surface area contributed by atoms with Crippen LogP contribution in [0.2, 0.25) is 0 Å². The number of benzene rings is 1. The SMILES string of the molecule is CC(C)(O)COc1ccc2c(C(=O)NC3CCC(Oc4cc(O)ccc4C(N)=O)CC3)cnn2c1. The summed E-state index contributed by atoms with van der Waals surface area (Å²) in [5.74, 6) is -0.0273. The van der Waals surface area contributed by atoms with Crippen molar-refractivity contribution in [3.05, 3.63) is 53.9 Å². The van der Waals surface area contributed by atoms with Crippen LogP contribution in [0.5, 0.6) is 17.2 Å². The number of aliphatic hydroxyl groups is 1. The van der Waals surface area contributed by atoms with Crippen molar-refractivity contribution in [2.75, 3.05) is 6.61 Å². The van der Waals surface area contributed by atoms with Gasteiger partial charge in [0.15, 0.2) is 0 Å². The third kappa shape index (κ3) is 6.02. The summed E-state index contributed by atoms with van der Waals surface area (Å²) in [4.78, 5) is 24.6. The van der Waals surface area contributed by atoms with Gasteiger partial charge in [0.05, 0.1) is 40.7 Å². The fourth-order valence-corrected chi connectivity index (χ4v) is 4.07. The van der Waals surface area contributed by atoms with E-state index in [2.05, 4.69) is 10.4 Å². The molecule has 1 saturated carbocycles. The molecule has 186 valence electrons. The van der Waals surface area contributed by atoms with Crippen LogP contribution in [0.4, 0.5) is 0 Å². The highest BCUT2D eigenvalue weighted by Crippen LogP contribution is 2.29. The Morgan fingerprint density at radius 3 is 2.60 bits per heavy atom. The molecule has 1 fully saturated rings. The summed E-state index contributed by atoms with van der Waals surface area (Å²) >= 11 is 0. The largest absolute Gasteiger partial charge is 0.508 e. The number of aromatic nitrogens is 2. The molecule has 0 atom stereocenters. The van der Waals surface area contributed by atoms with Gasteiger partial charge in [-0.1, -0.05) is 0 Å². The Morgan fingerprint density at radius 1 is 1.17 bits per heavy atom. The van der Waals surface area contributed by atoms with Crippen molar-refractivity contribution in [2.45, 2.75) is 57.3 Å². The van der Waals surface area contributed by atoms with Gasteiger partial charge in [0.25, 0.3) is 11.8 Å². The molecule has 0 aliphatic heterocycles. The van der Waals surface area contributed by atoms with Crippen molar-refractivity contribution in [1.29, 1.82) is 0 Å². The van der Waals surface area contributed by atoms with Gasteiger partial charge < -0.3 is 30.7 Å². The van der Waals surface area contributed by atoms with E-state index in [4.69, 9.17) is 15.2 Å². The number of nitrogens with one attached hydrogen (secondary N) is 1. The van der Waals surface area contributed by atoms with Crippen molar-refractivity contribution in [2.24, 2.45) is 5.73 Å². The van der Waals surface area contributed by atoms with Gasteiger partial charge >= 0.3 is 0 Å². The second kappa shape index (κ2) is 9.83. The van der Waals surface area contributed by atoms with E-state index >= 15 is 0 Å². The van der Waals surface area contributed by atoms with Gasteiger partial charge in [0.1, 0.15) is 23.9 Å². The molecule has 2 amide bonds. The average Bonchev–Trinajstić information content (AvgIpc) is 3.22. The number of ether oxygens (including phenoxy) is 2. The second-order valence-electron chi connectivity index (χ2n) is 9.46. The molecule has 1 aromatic carbocycles. The van der Waals surface area contributed by atoms with Crippen LogP contribution in [0.3, 0.4) is 0 Å². The van der Waals surface area contributed by atoms with E-state index < -0.39 is 11.5 Å². The van der Waals surface area contributed by atoms with E-state index in [1.807, 2.05) is 0 Å². The number of phenols is 1. The van der Waals surface area contributed by atoms with E-state index in [1.165, 1.54) is 24.4 Å². The molecular formula is C25H30N4O6. The number of nitrogens with zero attached hydrogens (tertiary/aromatic N) is 2. The first-order chi connectivity index (χ1) is 16.6. The molecule has 0 radical (unpaired) electrons. The molecule has 10 nitrogen and oxygen atoms in total. The summed E-state index contributed by atoms with van der Waals surface area (Å²) in [6.45, 7) is 3.45. The first kappa shape index (κ1) is 24.3. The highest BCUT2D eigenvalue weighted by Gasteiger charge is 2.26. The normalized spacial score (nSPS) is 18.3. The van der Waals surface area contributed by atoms with Crippen LogP contribution in [0, 0.1) is 0 Å². The minimum Gasteiger partial charge on any atom is -0.508 e. The quantitative estimate of drug-likeness (QED) is 0.385. The molecule has 0 saturated heterocycles. The molecule has 10 heteroatoms. The second-order valence-corrected chi connectivity index (χ2v) is 9.46. The average molecular weight is 483 g/mol. The Morgan fingerprint density at radius 2 is 1.91 bits per heavy atom. The number of aromatic hydroxyl groups is 1. The molecule has 2 aromatic heterocycles. The number of pyridine rings is 1. The maximum absolute atomic E-state index is 12.9. The van der Waals surface area contributed by atoms with E-state index in [1.54, 1.807) is 36.7 Å². The molecule has 4 rings (SSSR count). The molecule has 35 heavy (non-hydrogen) atoms. The molecule has 1 aliphatic carbocycles. The molecule has 3 aromatic rings. The minimum absolute atomic E-state index is 0.00438. The van der Waals surface area contributed by atoms with Crippen LogP contribution in [0.15, 0.2) is 42.7 Å². The maximum atomic E-state index is 12.9. The standard InChI is InChI=1S/C25H30N4O6/c1-25(2,33)14-34-18-8-10-21-20(12-27-29(21)13-18)24(32)28-15-3-6-17(7-4-15)35-22-11-16(30)5-9-19(22)23(26)31/h5,8-13,15,17,30,33H,3-4,6-7,14H2,1-2H3,(H2,26,31)(H,28,32). The number of carbonyl (C=O) groups is 2. The minimum atomic E-state index is -0.957. The van der Waals surface area contributed by atoms with Gasteiger partial charge in [-0.3, -0.25) is 9.59 Å². The topological polar surface area (TPSA) is 148 Å². The van der Waals surface area contributed by atoms with Gasteiger partial charge in [-0.15, -0.1) is 0 Å². The lowest BCUT2D eigenvalue weighted by Crippen LogP contribution is -2.39. The van der Waals surface area contributed by atoms with Crippen molar-refractivity contribution >= 4 is 17.3 Å². The van der Waals surface area contributed by atoms with Gasteiger partial charge in [-0.2, -0.15) is 5.10 Å². The number of carbonyl (C=O) groups excluding carboxylic acids is 2. The van der Waals surface area contributed by atoms with Gasteiger partial charge in [-0.05, 0) is 63.8 Å². The fourth-order valence-electron chi connectivity index (χ4n) is 4.07. The number of phenolic OH excluding ortho intramolecular Hbond substituents is 1. The lowest BCUT2D eigenvalue weighted by Gasteiger charge is -2.30. The molecule has 2 heterocycles. The zero-order valence-electron chi connectivity index (χ0n) is 19.7. The third-order valence-electron chi connectivity index (χ3n) is 5.86. The zero-order chi connectivity index (χ0) is 25.2. The van der Waals surface area contributed by atoms with Crippen molar-refractivity contribution < 1.29 is 29.3 Å². The van der Waals surface area contributed by atoms with Crippen molar-refractivity contribution in [1.82, 2.24) is 14.9 Å². The monoisotopic (exact) mass is 482 g/mol. The summed E-state index contributed by atoms with van der Waals surface area (Å²) in [7, 11) is 0. The molecule has 1 aliphatic rings. The first-order valence-corrected chi connectivity index (χ1v) is 11.5. The van der Waals surface area contributed by atoms with Crippen LogP contribution in [-0.4, -0.2) is 56.0 Å². The number of nitrogens with two attached hydrogens (primary N) is 1. The van der Waals surface area contributed by atoms with E-state index in [-0.39, 0.29) is 41.7 Å². The third-order valence-corrected chi connectivity index (χ3v) is 5.86. The lowest BCUT2D eigenvalue weighted by molar-refractivity contribution is 0.0283. The van der Waals surface area contributed by atoms with Gasteiger partial charge in [0.2, 0.25) is 0 Å². The molecule has 0 bridgehead atoms. The number of hydrogen-bond donors (Lipinski definition) is 4. The number of rotatable bonds is 8. The fraction of sp³-hybridized carbons (Fsp3) is 0.400. The van der Waals surface area contributed by atoms with Crippen molar-refractivity contribution in [3.8, 4) is 17.2 Å². The highest BCUT2D eigenvalue weighted by atomic mass is 16.5. The summed E-state index contributed by atoms with van der Waals surface area (Å²) in [5.41, 5.74) is 5.78. The van der Waals surface area contributed by atoms with Crippen LogP contribution < -0.4 is 20.5 Å². The summed E-state index contributed by atoms with van der Waals surface area (Å²) in [6.07, 6.45) is 5.80. The molecule has 0 unspecified atom stereocenters. The Balaban J connectivity index is 1.34. The van der Waals surface area contributed by atoms with Gasteiger partial charge in [0, 0.05) is 12.1 Å². The molecule has 0 spiro atoms. The summed E-state index contributed by atoms with van der Waals surface area (Å²) < 4.78 is 13.1. The van der Waals surface area contributed by atoms with E-state index in [0.717, 1.165) is 0 Å². The van der Waals surface area contributed by atoms with E-state index in [9.17, 15) is 19.8 Å². The lowest BCUT2D eigenvalue weighted by atomic mass is 9.92. The predicted octanol–water partition coefficient (Wildman–Crippen LogP) is 2.41. The first-order valence-electron chi connectivity index (χ1n) is 11.5. The summed E-state index contributed by atoms with van der Waals surface area (Å²) in [6, 6.07) is 7.70. The highest BCUT2D eigenvalue weighted by molar-refractivity contribution is 6.00. The Labute approximate surface area is 202 Å².